The van der Waals surface area contributed by atoms with E-state index in [1.165, 1.54) is 0 Å². The van der Waals surface area contributed by atoms with Gasteiger partial charge in [-0.3, -0.25) is 4.79 Å². The van der Waals surface area contributed by atoms with Crippen LogP contribution in [-0.4, -0.2) is 22.9 Å². The Morgan fingerprint density at radius 2 is 1.55 bits per heavy atom. The van der Waals surface area contributed by atoms with Crippen molar-refractivity contribution in [2.24, 2.45) is 5.92 Å². The van der Waals surface area contributed by atoms with Crippen LogP contribution in [0.4, 0.5) is 3.89 Å². The molecule has 0 atom stereocenters. The number of halogens is 1. The Balaban J connectivity index is 2.72. The third-order valence-corrected chi connectivity index (χ3v) is 7.56. The van der Waals surface area contributed by atoms with E-state index in [9.17, 15) is 4.79 Å². The zero-order valence-electron chi connectivity index (χ0n) is 14.6. The standard InChI is InChI=1S/C18H29FO2S/c1-13(2)18(20)11-12-21-16-7-9-17(10-8-16)22(19,14(3)4)15(5)6/h7-10,13-15H,11-12H2,1-6H3. The fraction of sp³-hybridized carbons (Fsp3) is 0.611. The average molecular weight is 328 g/mol. The molecule has 0 radical (unpaired) electrons. The summed E-state index contributed by atoms with van der Waals surface area (Å²) < 4.78 is 20.9. The van der Waals surface area contributed by atoms with Gasteiger partial charge >= 0.3 is 0 Å². The normalized spacial score (nSPS) is 13.0. The minimum absolute atomic E-state index is 0.0112. The molecule has 1 aromatic rings. The van der Waals surface area contributed by atoms with Gasteiger partial charge in [0.05, 0.1) is 6.61 Å². The molecule has 0 aliphatic heterocycles. The van der Waals surface area contributed by atoms with E-state index in [4.69, 9.17) is 4.74 Å². The molecule has 0 unspecified atom stereocenters. The lowest BCUT2D eigenvalue weighted by Gasteiger charge is -2.39. The minimum Gasteiger partial charge on any atom is -0.493 e. The molecule has 0 aliphatic carbocycles. The van der Waals surface area contributed by atoms with Crippen molar-refractivity contribution in [1.29, 1.82) is 0 Å². The zero-order chi connectivity index (χ0) is 16.9. The van der Waals surface area contributed by atoms with Gasteiger partial charge in [-0.2, -0.15) is 3.89 Å². The molecule has 0 spiro atoms. The summed E-state index contributed by atoms with van der Waals surface area (Å²) in [6, 6.07) is 7.27. The Morgan fingerprint density at radius 3 is 1.95 bits per heavy atom. The molecule has 1 rings (SSSR count). The van der Waals surface area contributed by atoms with Crippen LogP contribution in [0, 0.1) is 5.92 Å². The fourth-order valence-electron chi connectivity index (χ4n) is 2.39. The molecule has 0 aliphatic rings. The van der Waals surface area contributed by atoms with E-state index >= 15 is 3.89 Å². The fourth-order valence-corrected chi connectivity index (χ4v) is 5.12. The molecule has 0 amide bonds. The number of ether oxygens (including phenoxy) is 1. The van der Waals surface area contributed by atoms with Crippen LogP contribution >= 0.6 is 10.4 Å². The number of benzene rings is 1. The maximum atomic E-state index is 15.3. The first kappa shape index (κ1) is 19.0. The Morgan fingerprint density at radius 1 is 1.05 bits per heavy atom. The van der Waals surface area contributed by atoms with Gasteiger partial charge in [0.25, 0.3) is 0 Å². The van der Waals surface area contributed by atoms with Crippen molar-refractivity contribution < 1.29 is 13.4 Å². The van der Waals surface area contributed by atoms with Crippen LogP contribution < -0.4 is 4.74 Å². The van der Waals surface area contributed by atoms with Crippen molar-refractivity contribution in [1.82, 2.24) is 0 Å². The van der Waals surface area contributed by atoms with E-state index in [1.54, 1.807) is 12.1 Å². The average Bonchev–Trinajstić information content (AvgIpc) is 2.46. The van der Waals surface area contributed by atoms with Crippen molar-refractivity contribution >= 4 is 16.2 Å². The number of carbonyl (C=O) groups is 1. The highest BCUT2D eigenvalue weighted by Gasteiger charge is 2.33. The molecule has 4 heteroatoms. The predicted molar refractivity (Wildman–Crippen MR) is 93.6 cm³/mol. The largest absolute Gasteiger partial charge is 0.493 e. The smallest absolute Gasteiger partial charge is 0.138 e. The molecule has 2 nitrogen and oxygen atoms in total. The first-order valence-electron chi connectivity index (χ1n) is 7.95. The summed E-state index contributed by atoms with van der Waals surface area (Å²) in [7, 11) is -2.32. The molecular formula is C18H29FO2S. The second kappa shape index (κ2) is 8.00. The quantitative estimate of drug-likeness (QED) is 0.626. The van der Waals surface area contributed by atoms with Gasteiger partial charge in [0, 0.05) is 27.7 Å². The monoisotopic (exact) mass is 328 g/mol. The molecular weight excluding hydrogens is 299 g/mol. The lowest BCUT2D eigenvalue weighted by molar-refractivity contribution is -0.122. The molecule has 0 saturated carbocycles. The summed E-state index contributed by atoms with van der Waals surface area (Å²) in [5.74, 6) is 0.928. The van der Waals surface area contributed by atoms with E-state index in [1.807, 2.05) is 53.7 Å². The second-order valence-electron chi connectivity index (χ2n) is 6.42. The lowest BCUT2D eigenvalue weighted by atomic mass is 10.1. The molecule has 0 N–H and O–H groups in total. The summed E-state index contributed by atoms with van der Waals surface area (Å²) in [4.78, 5) is 12.3. The number of hydrogen-bond acceptors (Lipinski definition) is 2. The van der Waals surface area contributed by atoms with E-state index in [-0.39, 0.29) is 22.2 Å². The highest BCUT2D eigenvalue weighted by molar-refractivity contribution is 8.30. The van der Waals surface area contributed by atoms with Gasteiger partial charge in [0.15, 0.2) is 0 Å². The van der Waals surface area contributed by atoms with Gasteiger partial charge in [-0.15, -0.1) is 0 Å². The van der Waals surface area contributed by atoms with Crippen LogP contribution in [0.3, 0.4) is 0 Å². The van der Waals surface area contributed by atoms with Gasteiger partial charge in [-0.1, -0.05) is 52.0 Å². The minimum atomic E-state index is -2.32. The summed E-state index contributed by atoms with van der Waals surface area (Å²) in [6.07, 6.45) is 0.412. The van der Waals surface area contributed by atoms with E-state index in [0.29, 0.717) is 18.8 Å². The van der Waals surface area contributed by atoms with Crippen LogP contribution in [-0.2, 0) is 4.79 Å². The summed E-state index contributed by atoms with van der Waals surface area (Å²) in [6.45, 7) is 11.9. The summed E-state index contributed by atoms with van der Waals surface area (Å²) in [5, 5.41) is -0.0223. The molecule has 22 heavy (non-hydrogen) atoms. The molecule has 126 valence electrons. The van der Waals surface area contributed by atoms with Crippen molar-refractivity contribution in [3.05, 3.63) is 24.3 Å². The number of carbonyl (C=O) groups excluding carboxylic acids is 1. The van der Waals surface area contributed by atoms with Crippen molar-refractivity contribution in [2.45, 2.75) is 63.4 Å². The van der Waals surface area contributed by atoms with Crippen LogP contribution in [0.2, 0.25) is 0 Å². The molecule has 0 aromatic heterocycles. The van der Waals surface area contributed by atoms with Crippen molar-refractivity contribution in [2.75, 3.05) is 6.61 Å². The van der Waals surface area contributed by atoms with E-state index in [0.717, 1.165) is 4.90 Å². The number of ketones is 1. The van der Waals surface area contributed by atoms with Gasteiger partial charge in [0.2, 0.25) is 0 Å². The SMILES string of the molecule is CC(C)C(=O)CCOc1ccc(S(F)(C(C)C)C(C)C)cc1. The topological polar surface area (TPSA) is 26.3 Å². The second-order valence-corrected chi connectivity index (χ2v) is 10.0. The number of Topliss-reactive ketones (excluding diaryl/α,β-unsaturated/α-hetero) is 1. The van der Waals surface area contributed by atoms with Crippen molar-refractivity contribution in [3.8, 4) is 5.75 Å². The zero-order valence-corrected chi connectivity index (χ0v) is 15.4. The highest BCUT2D eigenvalue weighted by Crippen LogP contribution is 2.64. The van der Waals surface area contributed by atoms with E-state index in [2.05, 4.69) is 0 Å². The molecule has 1 aromatic carbocycles. The Labute approximate surface area is 136 Å². The van der Waals surface area contributed by atoms with Crippen LogP contribution in [0.15, 0.2) is 29.2 Å². The highest BCUT2D eigenvalue weighted by atomic mass is 32.3. The third-order valence-electron chi connectivity index (χ3n) is 3.82. The summed E-state index contributed by atoms with van der Waals surface area (Å²) in [5.41, 5.74) is 0. The van der Waals surface area contributed by atoms with Crippen LogP contribution in [0.5, 0.6) is 5.75 Å². The summed E-state index contributed by atoms with van der Waals surface area (Å²) >= 11 is 0. The predicted octanol–water partition coefficient (Wildman–Crippen LogP) is 5.55. The maximum Gasteiger partial charge on any atom is 0.138 e. The molecule has 0 fully saturated rings. The van der Waals surface area contributed by atoms with Crippen molar-refractivity contribution in [3.63, 3.8) is 0 Å². The van der Waals surface area contributed by atoms with E-state index < -0.39 is 10.4 Å². The Bertz CT molecular complexity index is 472. The van der Waals surface area contributed by atoms with Gasteiger partial charge in [0.1, 0.15) is 11.5 Å². The van der Waals surface area contributed by atoms with Gasteiger partial charge in [-0.05, 0) is 24.3 Å². The lowest BCUT2D eigenvalue weighted by Crippen LogP contribution is -2.17. The third kappa shape index (κ3) is 4.48. The molecule has 0 bridgehead atoms. The Kier molecular flexibility index (Phi) is 6.92. The number of rotatable bonds is 8. The maximum absolute atomic E-state index is 15.3. The molecule has 0 saturated heterocycles. The van der Waals surface area contributed by atoms with Gasteiger partial charge in [-0.25, -0.2) is 0 Å². The van der Waals surface area contributed by atoms with Gasteiger partial charge < -0.3 is 4.74 Å². The van der Waals surface area contributed by atoms with Crippen LogP contribution in [0.1, 0.15) is 48.0 Å². The Hall–Kier alpha value is -1.03. The number of hydrogen-bond donors (Lipinski definition) is 0. The van der Waals surface area contributed by atoms with Crippen LogP contribution in [0.25, 0.3) is 0 Å². The first-order valence-corrected chi connectivity index (χ1v) is 9.61. The molecule has 0 heterocycles. The first-order chi connectivity index (χ1) is 10.2.